The van der Waals surface area contributed by atoms with Crippen LogP contribution in [-0.2, 0) is 10.1 Å². The van der Waals surface area contributed by atoms with E-state index >= 15 is 0 Å². The molecule has 1 N–H and O–H groups in total. The standard InChI is InChI=1S/C23H17NO3S2/c25-29(26)22-19(16-11-5-7-13-18(16)27-29)20-15-10-4-6-12-17(15)24-23(20)28-21(22)14-8-2-1-3-9-14/h1-13,19,21-22,24H/t19-,21+,22-/m0/s1. The van der Waals surface area contributed by atoms with Crippen LogP contribution in [0.4, 0.5) is 0 Å². The van der Waals surface area contributed by atoms with Gasteiger partial charge in [0.25, 0.3) is 0 Å². The Balaban J connectivity index is 1.69. The first kappa shape index (κ1) is 17.2. The molecule has 1 aromatic heterocycles. The van der Waals surface area contributed by atoms with Gasteiger partial charge in [0, 0.05) is 27.9 Å². The monoisotopic (exact) mass is 419 g/mol. The number of fused-ring (bicyclic) bond motifs is 7. The van der Waals surface area contributed by atoms with Crippen LogP contribution in [0.25, 0.3) is 10.9 Å². The molecule has 3 aromatic carbocycles. The molecule has 0 saturated carbocycles. The van der Waals surface area contributed by atoms with Crippen LogP contribution in [-0.4, -0.2) is 18.7 Å². The molecular formula is C23H17NO3S2. The smallest absolute Gasteiger partial charge is 0.314 e. The third kappa shape index (κ3) is 2.49. The summed E-state index contributed by atoms with van der Waals surface area (Å²) in [6.07, 6.45) is 0. The lowest BCUT2D eigenvalue weighted by atomic mass is 9.84. The Morgan fingerprint density at radius 2 is 1.59 bits per heavy atom. The van der Waals surface area contributed by atoms with Crippen LogP contribution >= 0.6 is 11.8 Å². The molecule has 29 heavy (non-hydrogen) atoms. The predicted molar refractivity (Wildman–Crippen MR) is 115 cm³/mol. The molecule has 3 heterocycles. The van der Waals surface area contributed by atoms with Crippen molar-refractivity contribution in [2.45, 2.75) is 21.4 Å². The maximum atomic E-state index is 13.4. The van der Waals surface area contributed by atoms with E-state index in [1.807, 2.05) is 66.7 Å². The summed E-state index contributed by atoms with van der Waals surface area (Å²) in [5, 5.41) is 1.15. The number of hydrogen-bond donors (Lipinski definition) is 1. The Kier molecular flexibility index (Phi) is 3.64. The Morgan fingerprint density at radius 3 is 2.45 bits per heavy atom. The first-order valence-corrected chi connectivity index (χ1v) is 11.8. The normalized spacial score (nSPS) is 24.2. The van der Waals surface area contributed by atoms with E-state index in [2.05, 4.69) is 11.1 Å². The highest BCUT2D eigenvalue weighted by atomic mass is 32.2. The molecule has 2 aliphatic rings. The van der Waals surface area contributed by atoms with Gasteiger partial charge in [-0.05, 0) is 17.7 Å². The van der Waals surface area contributed by atoms with Crippen molar-refractivity contribution in [3.63, 3.8) is 0 Å². The van der Waals surface area contributed by atoms with Crippen LogP contribution in [0.3, 0.4) is 0 Å². The maximum absolute atomic E-state index is 13.4. The quantitative estimate of drug-likeness (QED) is 0.429. The number of para-hydroxylation sites is 2. The van der Waals surface area contributed by atoms with E-state index in [1.165, 1.54) is 0 Å². The van der Waals surface area contributed by atoms with Gasteiger partial charge < -0.3 is 9.17 Å². The van der Waals surface area contributed by atoms with Crippen molar-refractivity contribution >= 4 is 32.8 Å². The summed E-state index contributed by atoms with van der Waals surface area (Å²) >= 11 is 1.58. The number of H-pyrrole nitrogens is 1. The molecule has 0 radical (unpaired) electrons. The van der Waals surface area contributed by atoms with E-state index in [-0.39, 0.29) is 11.2 Å². The van der Waals surface area contributed by atoms with Gasteiger partial charge in [-0.1, -0.05) is 78.5 Å². The van der Waals surface area contributed by atoms with E-state index in [9.17, 15) is 8.42 Å². The maximum Gasteiger partial charge on any atom is 0.314 e. The molecule has 0 saturated heterocycles. The lowest BCUT2D eigenvalue weighted by Gasteiger charge is -2.40. The highest BCUT2D eigenvalue weighted by molar-refractivity contribution is 8.00. The summed E-state index contributed by atoms with van der Waals surface area (Å²) in [5.74, 6) is 0.145. The third-order valence-corrected chi connectivity index (χ3v) is 8.99. The minimum atomic E-state index is -3.82. The zero-order valence-corrected chi connectivity index (χ0v) is 16.9. The van der Waals surface area contributed by atoms with Crippen molar-refractivity contribution in [1.82, 2.24) is 4.98 Å². The Bertz CT molecular complexity index is 1350. The van der Waals surface area contributed by atoms with Gasteiger partial charge in [0.05, 0.1) is 10.3 Å². The van der Waals surface area contributed by atoms with Gasteiger partial charge in [0.2, 0.25) is 0 Å². The van der Waals surface area contributed by atoms with Gasteiger partial charge in [-0.2, -0.15) is 8.42 Å². The molecule has 6 rings (SSSR count). The SMILES string of the molecule is O=S1(=O)Oc2ccccc2[C@H]2c3c([nH]c4ccccc34)S[C@H](c3ccccc3)[C@H]21. The minimum Gasteiger partial charge on any atom is -0.382 e. The molecule has 4 aromatic rings. The van der Waals surface area contributed by atoms with Crippen molar-refractivity contribution < 1.29 is 12.6 Å². The Morgan fingerprint density at radius 1 is 0.862 bits per heavy atom. The number of benzene rings is 3. The second-order valence-electron chi connectivity index (χ2n) is 7.42. The lowest BCUT2D eigenvalue weighted by molar-refractivity contribution is 0.434. The minimum absolute atomic E-state index is 0.264. The summed E-state index contributed by atoms with van der Waals surface area (Å²) in [4.78, 5) is 3.53. The predicted octanol–water partition coefficient (Wildman–Crippen LogP) is 5.24. The zero-order valence-electron chi connectivity index (χ0n) is 15.3. The number of rotatable bonds is 1. The van der Waals surface area contributed by atoms with Gasteiger partial charge in [-0.15, -0.1) is 0 Å². The van der Waals surface area contributed by atoms with E-state index < -0.39 is 15.4 Å². The molecule has 0 bridgehead atoms. The molecule has 4 nitrogen and oxygen atoms in total. The van der Waals surface area contributed by atoms with Crippen molar-refractivity contribution in [1.29, 1.82) is 0 Å². The molecule has 0 aliphatic carbocycles. The van der Waals surface area contributed by atoms with Gasteiger partial charge in [0.1, 0.15) is 11.0 Å². The first-order valence-electron chi connectivity index (χ1n) is 9.48. The number of aromatic nitrogens is 1. The fourth-order valence-electron chi connectivity index (χ4n) is 4.62. The van der Waals surface area contributed by atoms with Crippen molar-refractivity contribution in [2.75, 3.05) is 0 Å². The number of aromatic amines is 1. The summed E-state index contributed by atoms with van der Waals surface area (Å²) in [7, 11) is -3.82. The molecule has 2 aliphatic heterocycles. The van der Waals surface area contributed by atoms with Crippen LogP contribution in [0, 0.1) is 0 Å². The average molecular weight is 420 g/mol. The number of nitrogens with one attached hydrogen (secondary N) is 1. The van der Waals surface area contributed by atoms with Crippen molar-refractivity contribution in [3.8, 4) is 5.75 Å². The van der Waals surface area contributed by atoms with E-state index in [4.69, 9.17) is 4.18 Å². The fourth-order valence-corrected chi connectivity index (χ4v) is 8.15. The van der Waals surface area contributed by atoms with Gasteiger partial charge >= 0.3 is 10.1 Å². The molecule has 0 spiro atoms. The Hall–Kier alpha value is -2.70. The van der Waals surface area contributed by atoms with Crippen LogP contribution in [0.5, 0.6) is 5.75 Å². The summed E-state index contributed by atoms with van der Waals surface area (Å²) < 4.78 is 32.4. The molecule has 0 unspecified atom stereocenters. The van der Waals surface area contributed by atoms with Gasteiger partial charge in [-0.25, -0.2) is 0 Å². The summed E-state index contributed by atoms with van der Waals surface area (Å²) in [6.45, 7) is 0. The van der Waals surface area contributed by atoms with Crippen molar-refractivity contribution in [3.05, 3.63) is 95.6 Å². The average Bonchev–Trinajstić information content (AvgIpc) is 3.11. The van der Waals surface area contributed by atoms with Crippen LogP contribution in [0.15, 0.2) is 83.9 Å². The number of thioether (sulfide) groups is 1. The van der Waals surface area contributed by atoms with Gasteiger partial charge in [-0.3, -0.25) is 0 Å². The molecule has 3 atom stereocenters. The van der Waals surface area contributed by atoms with E-state index in [0.717, 1.165) is 32.6 Å². The third-order valence-electron chi connectivity index (χ3n) is 5.81. The van der Waals surface area contributed by atoms with Crippen molar-refractivity contribution in [2.24, 2.45) is 0 Å². The largest absolute Gasteiger partial charge is 0.382 e. The summed E-state index contributed by atoms with van der Waals surface area (Å²) in [6, 6.07) is 25.5. The van der Waals surface area contributed by atoms with Gasteiger partial charge in [0.15, 0.2) is 0 Å². The molecule has 0 fully saturated rings. The summed E-state index contributed by atoms with van der Waals surface area (Å²) in [5.41, 5.74) is 4.00. The lowest BCUT2D eigenvalue weighted by Crippen LogP contribution is -2.42. The number of hydrogen-bond acceptors (Lipinski definition) is 4. The zero-order chi connectivity index (χ0) is 19.6. The van der Waals surface area contributed by atoms with Crippen LogP contribution in [0.2, 0.25) is 0 Å². The van der Waals surface area contributed by atoms with Crippen LogP contribution in [0.1, 0.15) is 27.9 Å². The van der Waals surface area contributed by atoms with Crippen LogP contribution < -0.4 is 4.18 Å². The fraction of sp³-hybridized carbons (Fsp3) is 0.130. The highest BCUT2D eigenvalue weighted by Crippen LogP contribution is 2.58. The molecule has 6 heteroatoms. The highest BCUT2D eigenvalue weighted by Gasteiger charge is 2.52. The Labute approximate surface area is 173 Å². The van der Waals surface area contributed by atoms with E-state index in [0.29, 0.717) is 5.75 Å². The van der Waals surface area contributed by atoms with E-state index in [1.54, 1.807) is 17.8 Å². The topological polar surface area (TPSA) is 59.2 Å². The molecule has 0 amide bonds. The molecular weight excluding hydrogens is 402 g/mol. The second-order valence-corrected chi connectivity index (χ2v) is 10.3. The first-order chi connectivity index (χ1) is 14.1. The second kappa shape index (κ2) is 6.15. The molecule has 144 valence electrons.